The molecule has 0 radical (unpaired) electrons. The molecule has 0 atom stereocenters. The number of carbonyl (C=O) groups is 1. The van der Waals surface area contributed by atoms with Crippen LogP contribution in [-0.2, 0) is 11.3 Å². The summed E-state index contributed by atoms with van der Waals surface area (Å²) < 4.78 is 5.09. The maximum absolute atomic E-state index is 11.9. The molecular formula is C24H29N7O2S. The van der Waals surface area contributed by atoms with Crippen LogP contribution in [0.15, 0.2) is 30.6 Å². The van der Waals surface area contributed by atoms with Gasteiger partial charge >= 0.3 is 6.09 Å². The first-order chi connectivity index (χ1) is 16.6. The Balaban J connectivity index is 1.44. The van der Waals surface area contributed by atoms with Crippen molar-refractivity contribution < 1.29 is 9.53 Å². The SMILES string of the molecule is CN(C)CC#CCOC(=O)NCc1cc(-c2sc(-c3cccnc3)nc2N2CCCCC2)n[nH]1. The molecule has 0 saturated carbocycles. The largest absolute Gasteiger partial charge is 0.436 e. The lowest BCUT2D eigenvalue weighted by Gasteiger charge is -2.27. The minimum absolute atomic E-state index is 0.0606. The Kier molecular flexibility index (Phi) is 8.12. The van der Waals surface area contributed by atoms with Crippen molar-refractivity contribution in [3.63, 3.8) is 0 Å². The van der Waals surface area contributed by atoms with E-state index in [1.165, 1.54) is 6.42 Å². The molecule has 1 aliphatic heterocycles. The van der Waals surface area contributed by atoms with E-state index >= 15 is 0 Å². The van der Waals surface area contributed by atoms with Gasteiger partial charge in [-0.1, -0.05) is 11.8 Å². The van der Waals surface area contributed by atoms with Crippen molar-refractivity contribution in [1.29, 1.82) is 0 Å². The van der Waals surface area contributed by atoms with Gasteiger partial charge < -0.3 is 15.0 Å². The molecule has 0 aliphatic carbocycles. The number of hydrogen-bond donors (Lipinski definition) is 2. The van der Waals surface area contributed by atoms with Crippen molar-refractivity contribution in [1.82, 2.24) is 30.4 Å². The van der Waals surface area contributed by atoms with Gasteiger partial charge in [0.05, 0.1) is 23.7 Å². The summed E-state index contributed by atoms with van der Waals surface area (Å²) in [4.78, 5) is 26.5. The quantitative estimate of drug-likeness (QED) is 0.501. The highest BCUT2D eigenvalue weighted by atomic mass is 32.1. The van der Waals surface area contributed by atoms with Crippen molar-refractivity contribution in [3.05, 3.63) is 36.3 Å². The molecule has 3 aromatic heterocycles. The van der Waals surface area contributed by atoms with E-state index < -0.39 is 6.09 Å². The van der Waals surface area contributed by atoms with Gasteiger partial charge in [0.15, 0.2) is 6.61 Å². The van der Waals surface area contributed by atoms with Crippen LogP contribution in [0.25, 0.3) is 21.1 Å². The normalized spacial score (nSPS) is 13.4. The highest BCUT2D eigenvalue weighted by molar-refractivity contribution is 7.19. The van der Waals surface area contributed by atoms with Crippen LogP contribution < -0.4 is 10.2 Å². The Hall–Kier alpha value is -3.42. The summed E-state index contributed by atoms with van der Waals surface area (Å²) in [5, 5.41) is 11.2. The first-order valence-electron chi connectivity index (χ1n) is 11.3. The predicted molar refractivity (Wildman–Crippen MR) is 134 cm³/mol. The van der Waals surface area contributed by atoms with Crippen molar-refractivity contribution in [3.8, 4) is 33.0 Å². The number of piperidine rings is 1. The molecule has 10 heteroatoms. The van der Waals surface area contributed by atoms with E-state index in [9.17, 15) is 4.79 Å². The Bertz CT molecular complexity index is 1140. The van der Waals surface area contributed by atoms with Gasteiger partial charge in [0.1, 0.15) is 16.5 Å². The number of ether oxygens (including phenoxy) is 1. The third-order valence-corrected chi connectivity index (χ3v) is 6.37. The van der Waals surface area contributed by atoms with Gasteiger partial charge in [-0.2, -0.15) is 5.10 Å². The number of aromatic nitrogens is 4. The second-order valence-electron chi connectivity index (χ2n) is 8.26. The lowest BCUT2D eigenvalue weighted by atomic mass is 10.1. The van der Waals surface area contributed by atoms with Gasteiger partial charge in [-0.25, -0.2) is 9.78 Å². The fraction of sp³-hybridized carbons (Fsp3) is 0.417. The average molecular weight is 480 g/mol. The van der Waals surface area contributed by atoms with Gasteiger partial charge in [-0.3, -0.25) is 15.0 Å². The van der Waals surface area contributed by atoms with Crippen LogP contribution in [0.4, 0.5) is 10.6 Å². The number of carbonyl (C=O) groups excluding carboxylic acids is 1. The zero-order chi connectivity index (χ0) is 23.8. The Morgan fingerprint density at radius 2 is 2.15 bits per heavy atom. The van der Waals surface area contributed by atoms with Gasteiger partial charge in [0, 0.05) is 31.0 Å². The van der Waals surface area contributed by atoms with E-state index in [0.717, 1.165) is 58.6 Å². The smallest absolute Gasteiger partial charge is 0.408 e. The van der Waals surface area contributed by atoms with Gasteiger partial charge in [-0.15, -0.1) is 11.3 Å². The zero-order valence-corrected chi connectivity index (χ0v) is 20.3. The van der Waals surface area contributed by atoms with Crippen LogP contribution in [0.5, 0.6) is 0 Å². The van der Waals surface area contributed by atoms with Gasteiger partial charge in [0.2, 0.25) is 0 Å². The third-order valence-electron chi connectivity index (χ3n) is 5.26. The van der Waals surface area contributed by atoms with Crippen LogP contribution in [0.2, 0.25) is 0 Å². The number of thiazole rings is 1. The second kappa shape index (κ2) is 11.6. The number of alkyl carbamates (subject to hydrolysis) is 1. The first-order valence-corrected chi connectivity index (χ1v) is 12.1. The van der Waals surface area contributed by atoms with Crippen molar-refractivity contribution >= 4 is 23.2 Å². The zero-order valence-electron chi connectivity index (χ0n) is 19.5. The number of nitrogens with zero attached hydrogens (tertiary/aromatic N) is 5. The van der Waals surface area contributed by atoms with Crippen molar-refractivity contribution in [2.75, 3.05) is 45.2 Å². The predicted octanol–water partition coefficient (Wildman–Crippen LogP) is 3.38. The van der Waals surface area contributed by atoms with Crippen LogP contribution >= 0.6 is 11.3 Å². The molecule has 3 aromatic rings. The molecule has 34 heavy (non-hydrogen) atoms. The topological polar surface area (TPSA) is 99.3 Å². The van der Waals surface area contributed by atoms with E-state index in [1.54, 1.807) is 17.5 Å². The number of hydrogen-bond acceptors (Lipinski definition) is 8. The van der Waals surface area contributed by atoms with Crippen LogP contribution in [-0.4, -0.2) is 71.5 Å². The third kappa shape index (κ3) is 6.34. The fourth-order valence-corrected chi connectivity index (χ4v) is 4.60. The molecule has 1 fully saturated rings. The number of amides is 1. The average Bonchev–Trinajstić information content (AvgIpc) is 3.51. The summed E-state index contributed by atoms with van der Waals surface area (Å²) in [7, 11) is 3.87. The van der Waals surface area contributed by atoms with E-state index in [2.05, 4.69) is 37.2 Å². The lowest BCUT2D eigenvalue weighted by Crippen LogP contribution is -2.30. The highest BCUT2D eigenvalue weighted by Gasteiger charge is 2.23. The molecule has 2 N–H and O–H groups in total. The molecule has 0 aromatic carbocycles. The maximum Gasteiger partial charge on any atom is 0.408 e. The number of aromatic amines is 1. The van der Waals surface area contributed by atoms with Crippen LogP contribution in [0, 0.1) is 11.8 Å². The molecule has 0 spiro atoms. The molecule has 4 heterocycles. The molecule has 1 amide bonds. The molecule has 4 rings (SSSR count). The summed E-state index contributed by atoms with van der Waals surface area (Å²) in [6.45, 7) is 2.95. The maximum atomic E-state index is 11.9. The number of anilines is 1. The number of pyridine rings is 1. The Labute approximate surface area is 203 Å². The van der Waals surface area contributed by atoms with Gasteiger partial charge in [0.25, 0.3) is 0 Å². The summed E-state index contributed by atoms with van der Waals surface area (Å²) >= 11 is 1.61. The number of rotatable bonds is 7. The van der Waals surface area contributed by atoms with E-state index in [0.29, 0.717) is 6.54 Å². The Morgan fingerprint density at radius 3 is 2.91 bits per heavy atom. The monoisotopic (exact) mass is 479 g/mol. The number of nitrogens with one attached hydrogen (secondary N) is 2. The highest BCUT2D eigenvalue weighted by Crippen LogP contribution is 2.40. The molecule has 1 aliphatic rings. The first kappa shape index (κ1) is 23.7. The second-order valence-corrected chi connectivity index (χ2v) is 9.26. The lowest BCUT2D eigenvalue weighted by molar-refractivity contribution is 0.159. The molecule has 9 nitrogen and oxygen atoms in total. The van der Waals surface area contributed by atoms with Crippen molar-refractivity contribution in [2.45, 2.75) is 25.8 Å². The molecule has 178 valence electrons. The fourth-order valence-electron chi connectivity index (χ4n) is 3.57. The van der Waals surface area contributed by atoms with E-state index in [-0.39, 0.29) is 13.2 Å². The van der Waals surface area contributed by atoms with E-state index in [1.807, 2.05) is 43.4 Å². The van der Waals surface area contributed by atoms with Crippen molar-refractivity contribution in [2.24, 2.45) is 0 Å². The summed E-state index contributed by atoms with van der Waals surface area (Å²) in [6, 6.07) is 5.89. The minimum atomic E-state index is -0.513. The summed E-state index contributed by atoms with van der Waals surface area (Å²) in [5.41, 5.74) is 2.59. The van der Waals surface area contributed by atoms with Crippen LogP contribution in [0.3, 0.4) is 0 Å². The molecule has 1 saturated heterocycles. The minimum Gasteiger partial charge on any atom is -0.436 e. The molecular weight excluding hydrogens is 450 g/mol. The van der Waals surface area contributed by atoms with Gasteiger partial charge in [-0.05, 0) is 51.6 Å². The summed E-state index contributed by atoms with van der Waals surface area (Å²) in [5.74, 6) is 6.70. The summed E-state index contributed by atoms with van der Waals surface area (Å²) in [6.07, 6.45) is 6.66. The number of H-pyrrole nitrogens is 1. The van der Waals surface area contributed by atoms with E-state index in [4.69, 9.17) is 9.72 Å². The standard InChI is InChI=1S/C24H29N7O2S/c1-30(2)11-6-7-14-33-24(32)26-17-19-15-20(29-28-19)21-22(31-12-4-3-5-13-31)27-23(34-21)18-9-8-10-25-16-18/h8-10,15-16H,3-5,11-14,17H2,1-2H3,(H,26,32)(H,28,29). The molecule has 0 unspecified atom stereocenters. The van der Waals surface area contributed by atoms with Crippen LogP contribution in [0.1, 0.15) is 25.0 Å². The Morgan fingerprint density at radius 1 is 1.29 bits per heavy atom. The molecule has 0 bridgehead atoms.